The fourth-order valence-electron chi connectivity index (χ4n) is 8.26. The first-order valence-corrected chi connectivity index (χ1v) is 26.9. The van der Waals surface area contributed by atoms with E-state index in [9.17, 15) is 19.2 Å². The molecule has 0 spiro atoms. The van der Waals surface area contributed by atoms with Crippen LogP contribution in [0.3, 0.4) is 0 Å². The van der Waals surface area contributed by atoms with Crippen molar-refractivity contribution in [1.82, 2.24) is 10.6 Å². The van der Waals surface area contributed by atoms with Crippen LogP contribution in [0.1, 0.15) is 168 Å². The molecule has 15 nitrogen and oxygen atoms in total. The molecule has 0 saturated carbocycles. The number of carbonyl (C=O) groups excluding carboxylic acids is 4. The third-order valence-corrected chi connectivity index (χ3v) is 12.3. The van der Waals surface area contributed by atoms with Gasteiger partial charge in [0.2, 0.25) is 3.79 Å². The molecule has 0 aliphatic carbocycles. The lowest BCUT2D eigenvalue weighted by Crippen LogP contribution is -2.69. The van der Waals surface area contributed by atoms with Gasteiger partial charge in [0, 0.05) is 6.42 Å². The molecule has 2 amide bonds. The van der Waals surface area contributed by atoms with Gasteiger partial charge in [-0.3, -0.25) is 9.59 Å². The zero-order valence-electron chi connectivity index (χ0n) is 42.2. The number of alkyl carbamates (subject to hydrolysis) is 2. The minimum atomic E-state index is -1.94. The van der Waals surface area contributed by atoms with Crippen molar-refractivity contribution in [2.75, 3.05) is 33.0 Å². The molecule has 2 saturated heterocycles. The number of halogens is 3. The highest BCUT2D eigenvalue weighted by Gasteiger charge is 2.54. The number of hydrogen-bond donors (Lipinski definition) is 2. The van der Waals surface area contributed by atoms with Crippen LogP contribution < -0.4 is 10.6 Å². The van der Waals surface area contributed by atoms with Crippen LogP contribution in [-0.2, 0) is 58.8 Å². The van der Waals surface area contributed by atoms with Gasteiger partial charge in [-0.2, -0.15) is 0 Å². The highest BCUT2D eigenvalue weighted by molar-refractivity contribution is 6.67. The van der Waals surface area contributed by atoms with Gasteiger partial charge in [-0.15, -0.1) is 0 Å². The normalized spacial score (nSPS) is 20.6. The third-order valence-electron chi connectivity index (χ3n) is 11.9. The van der Waals surface area contributed by atoms with Crippen LogP contribution in [-0.4, -0.2) is 110 Å². The van der Waals surface area contributed by atoms with Gasteiger partial charge in [-0.1, -0.05) is 194 Å². The standard InChI is InChI=1S/C52H83Cl3N2O13/c1-6-9-11-13-15-17-19-21-26-30-41(67-43(58)31-27-22-20-18-16-14-12-10-7-2)33-44(59)69-47-45(57-50(61)65-38-52(53,54)55)48(68-42-37-66-51(4,5)70-46(42)47)64-36-40(56-49(60)63-32-8-3)35-62-34-39-28-24-23-25-29-39/h8,23-25,28-29,40-42,45-48H,3,6-7,9-22,26-27,30-38H2,1-2,4-5H3,(H,56,60)(H,57,61)/t40-,41+,42+,45+,46+,47+,48?/m0/s1. The average molecular weight is 1050 g/mol. The van der Waals surface area contributed by atoms with Gasteiger partial charge in [-0.25, -0.2) is 9.59 Å². The van der Waals surface area contributed by atoms with Gasteiger partial charge in [-0.05, 0) is 38.7 Å². The number of ether oxygens (including phenoxy) is 9. The molecule has 400 valence electrons. The number of amides is 2. The van der Waals surface area contributed by atoms with Crippen LogP contribution in [0.25, 0.3) is 0 Å². The van der Waals surface area contributed by atoms with E-state index in [2.05, 4.69) is 31.1 Å². The second kappa shape index (κ2) is 35.3. The summed E-state index contributed by atoms with van der Waals surface area (Å²) in [6.07, 6.45) is 14.9. The average Bonchev–Trinajstić information content (AvgIpc) is 3.31. The van der Waals surface area contributed by atoms with E-state index in [0.29, 0.717) is 12.8 Å². The number of esters is 2. The zero-order chi connectivity index (χ0) is 51.0. The predicted octanol–water partition coefficient (Wildman–Crippen LogP) is 11.9. The largest absolute Gasteiger partial charge is 0.462 e. The SMILES string of the molecule is C=CCOC(=O)N[C@@H](COCc1ccccc1)COC1O[C@@H]2COC(C)(C)O[C@H]2[C@H](OC(=O)C[C@@H](CCCCCCCCCCC)OC(=O)CCCCCCCCCCC)[C@H]1NC(=O)OCC(Cl)(Cl)Cl. The third kappa shape index (κ3) is 27.2. The first kappa shape index (κ1) is 61.4. The van der Waals surface area contributed by atoms with Gasteiger partial charge in [0.05, 0.1) is 38.9 Å². The number of rotatable bonds is 36. The van der Waals surface area contributed by atoms with E-state index in [-0.39, 0.29) is 51.8 Å². The highest BCUT2D eigenvalue weighted by atomic mass is 35.6. The van der Waals surface area contributed by atoms with Crippen molar-refractivity contribution in [3.8, 4) is 0 Å². The van der Waals surface area contributed by atoms with E-state index in [1.807, 2.05) is 30.3 Å². The number of nitrogens with one attached hydrogen (secondary N) is 2. The lowest BCUT2D eigenvalue weighted by Gasteiger charge is -2.50. The summed E-state index contributed by atoms with van der Waals surface area (Å²) in [6, 6.07) is 7.37. The summed E-state index contributed by atoms with van der Waals surface area (Å²) >= 11 is 17.8. The number of hydrogen-bond acceptors (Lipinski definition) is 13. The summed E-state index contributed by atoms with van der Waals surface area (Å²) in [6.45, 7) is 10.8. The summed E-state index contributed by atoms with van der Waals surface area (Å²) in [5.74, 6) is -2.20. The molecule has 0 aromatic heterocycles. The Morgan fingerprint density at radius 1 is 0.814 bits per heavy atom. The van der Waals surface area contributed by atoms with E-state index < -0.39 is 77.1 Å². The van der Waals surface area contributed by atoms with Crippen LogP contribution in [0.15, 0.2) is 43.0 Å². The van der Waals surface area contributed by atoms with Crippen molar-refractivity contribution < 1.29 is 61.8 Å². The van der Waals surface area contributed by atoms with Crippen molar-refractivity contribution in [2.45, 2.75) is 222 Å². The molecule has 1 aromatic carbocycles. The fourth-order valence-corrected chi connectivity index (χ4v) is 8.42. The van der Waals surface area contributed by atoms with Crippen molar-refractivity contribution in [2.24, 2.45) is 0 Å². The number of fused-ring (bicyclic) bond motifs is 1. The van der Waals surface area contributed by atoms with Gasteiger partial charge in [0.15, 0.2) is 18.2 Å². The fraction of sp³-hybridized carbons (Fsp3) is 0.769. The monoisotopic (exact) mass is 1050 g/mol. The second-order valence-corrected chi connectivity index (χ2v) is 21.2. The maximum atomic E-state index is 14.3. The Bertz CT molecular complexity index is 1620. The molecule has 2 heterocycles. The Labute approximate surface area is 432 Å². The maximum Gasteiger partial charge on any atom is 0.407 e. The summed E-state index contributed by atoms with van der Waals surface area (Å²) in [5.41, 5.74) is 0.907. The predicted molar refractivity (Wildman–Crippen MR) is 271 cm³/mol. The first-order valence-electron chi connectivity index (χ1n) is 25.8. The lowest BCUT2D eigenvalue weighted by molar-refractivity contribution is -0.369. The molecule has 2 aliphatic heterocycles. The van der Waals surface area contributed by atoms with E-state index in [4.69, 9.17) is 77.4 Å². The molecule has 3 rings (SSSR count). The smallest absolute Gasteiger partial charge is 0.407 e. The Balaban J connectivity index is 1.83. The molecule has 0 radical (unpaired) electrons. The Morgan fingerprint density at radius 3 is 2.04 bits per heavy atom. The molecular formula is C52H83Cl3N2O13. The van der Waals surface area contributed by atoms with Crippen LogP contribution in [0.4, 0.5) is 9.59 Å². The molecule has 1 unspecified atom stereocenters. The molecule has 18 heteroatoms. The molecule has 2 aliphatic rings. The minimum absolute atomic E-state index is 0.00342. The van der Waals surface area contributed by atoms with Crippen LogP contribution in [0, 0.1) is 0 Å². The molecule has 0 bridgehead atoms. The minimum Gasteiger partial charge on any atom is -0.462 e. The van der Waals surface area contributed by atoms with Crippen LogP contribution in [0.5, 0.6) is 0 Å². The summed E-state index contributed by atoms with van der Waals surface area (Å²) in [4.78, 5) is 53.8. The number of carbonyl (C=O) groups is 4. The van der Waals surface area contributed by atoms with E-state index in [0.717, 1.165) is 50.5 Å². The van der Waals surface area contributed by atoms with Crippen LogP contribution in [0.2, 0.25) is 0 Å². The van der Waals surface area contributed by atoms with Gasteiger partial charge in [0.25, 0.3) is 0 Å². The Kier molecular flexibility index (Phi) is 31.0. The van der Waals surface area contributed by atoms with E-state index in [1.54, 1.807) is 13.8 Å². The van der Waals surface area contributed by atoms with E-state index >= 15 is 0 Å². The molecule has 2 fully saturated rings. The number of benzene rings is 1. The lowest BCUT2D eigenvalue weighted by atomic mass is 9.95. The quantitative estimate of drug-likeness (QED) is 0.0214. The Morgan fingerprint density at radius 2 is 1.43 bits per heavy atom. The molecular weight excluding hydrogens is 967 g/mol. The van der Waals surface area contributed by atoms with Crippen molar-refractivity contribution in [3.63, 3.8) is 0 Å². The van der Waals surface area contributed by atoms with Gasteiger partial charge < -0.3 is 53.3 Å². The van der Waals surface area contributed by atoms with Crippen molar-refractivity contribution in [3.05, 3.63) is 48.6 Å². The summed E-state index contributed by atoms with van der Waals surface area (Å²) < 4.78 is 51.8. The summed E-state index contributed by atoms with van der Waals surface area (Å²) in [5, 5.41) is 5.43. The zero-order valence-corrected chi connectivity index (χ0v) is 44.5. The second-order valence-electron chi connectivity index (χ2n) is 18.7. The van der Waals surface area contributed by atoms with E-state index in [1.165, 1.54) is 70.3 Å². The summed E-state index contributed by atoms with van der Waals surface area (Å²) in [7, 11) is 0. The number of unbranched alkanes of at least 4 members (excludes halogenated alkanes) is 16. The molecule has 7 atom stereocenters. The van der Waals surface area contributed by atoms with Crippen molar-refractivity contribution in [1.29, 1.82) is 0 Å². The van der Waals surface area contributed by atoms with Gasteiger partial charge >= 0.3 is 24.1 Å². The first-order chi connectivity index (χ1) is 33.6. The van der Waals surface area contributed by atoms with Crippen molar-refractivity contribution >= 4 is 58.9 Å². The maximum absolute atomic E-state index is 14.3. The molecule has 1 aromatic rings. The van der Waals surface area contributed by atoms with Gasteiger partial charge in [0.1, 0.15) is 37.6 Å². The molecule has 70 heavy (non-hydrogen) atoms. The highest BCUT2D eigenvalue weighted by Crippen LogP contribution is 2.35. The Hall–Kier alpha value is -2.89. The van der Waals surface area contributed by atoms with Crippen LogP contribution >= 0.6 is 34.8 Å². The molecule has 2 N–H and O–H groups in total. The topological polar surface area (TPSA) is 175 Å². The number of alkyl halides is 3.